The van der Waals surface area contributed by atoms with Gasteiger partial charge in [0.05, 0.1) is 6.10 Å². The van der Waals surface area contributed by atoms with Gasteiger partial charge in [-0.05, 0) is 37.8 Å². The Kier molecular flexibility index (Phi) is 3.67. The SMILES string of the molecule is CC(O)c1c(F)cccc1N(C)CC1CCC1. The minimum absolute atomic E-state index is 0.321. The van der Waals surface area contributed by atoms with Crippen LogP contribution in [0.5, 0.6) is 0 Å². The summed E-state index contributed by atoms with van der Waals surface area (Å²) in [5, 5.41) is 9.67. The molecule has 1 aromatic carbocycles. The first-order valence-corrected chi connectivity index (χ1v) is 6.27. The first-order chi connectivity index (χ1) is 8.09. The Balaban J connectivity index is 2.20. The van der Waals surface area contributed by atoms with Crippen LogP contribution in [0, 0.1) is 11.7 Å². The summed E-state index contributed by atoms with van der Waals surface area (Å²) in [4.78, 5) is 2.06. The lowest BCUT2D eigenvalue weighted by Gasteiger charge is -2.32. The van der Waals surface area contributed by atoms with Crippen LogP contribution < -0.4 is 4.90 Å². The number of rotatable bonds is 4. The van der Waals surface area contributed by atoms with Gasteiger partial charge in [-0.2, -0.15) is 0 Å². The van der Waals surface area contributed by atoms with Gasteiger partial charge < -0.3 is 10.0 Å². The van der Waals surface area contributed by atoms with Crippen molar-refractivity contribution in [2.75, 3.05) is 18.5 Å². The molecule has 0 saturated heterocycles. The molecule has 0 amide bonds. The van der Waals surface area contributed by atoms with Crippen molar-refractivity contribution in [1.82, 2.24) is 0 Å². The summed E-state index contributed by atoms with van der Waals surface area (Å²) in [6, 6.07) is 4.99. The number of aliphatic hydroxyl groups excluding tert-OH is 1. The smallest absolute Gasteiger partial charge is 0.131 e. The van der Waals surface area contributed by atoms with Gasteiger partial charge in [0.25, 0.3) is 0 Å². The van der Waals surface area contributed by atoms with Crippen molar-refractivity contribution in [3.8, 4) is 0 Å². The van der Waals surface area contributed by atoms with Crippen LogP contribution in [0.15, 0.2) is 18.2 Å². The van der Waals surface area contributed by atoms with Gasteiger partial charge in [0, 0.05) is 24.8 Å². The minimum Gasteiger partial charge on any atom is -0.389 e. The molecule has 1 aliphatic rings. The van der Waals surface area contributed by atoms with E-state index in [0.29, 0.717) is 5.56 Å². The number of nitrogens with zero attached hydrogens (tertiary/aromatic N) is 1. The number of halogens is 1. The lowest BCUT2D eigenvalue weighted by atomic mass is 9.85. The molecular formula is C14H20FNO. The maximum atomic E-state index is 13.7. The van der Waals surface area contributed by atoms with Crippen LogP contribution in [-0.4, -0.2) is 18.7 Å². The molecule has 1 aliphatic carbocycles. The maximum absolute atomic E-state index is 13.7. The number of hydrogen-bond acceptors (Lipinski definition) is 2. The van der Waals surface area contributed by atoms with Crippen LogP contribution in [0.2, 0.25) is 0 Å². The van der Waals surface area contributed by atoms with E-state index in [1.807, 2.05) is 13.1 Å². The number of hydrogen-bond donors (Lipinski definition) is 1. The van der Waals surface area contributed by atoms with Gasteiger partial charge in [0.15, 0.2) is 0 Å². The molecule has 0 aromatic heterocycles. The van der Waals surface area contributed by atoms with Crippen LogP contribution in [0.3, 0.4) is 0 Å². The zero-order valence-corrected chi connectivity index (χ0v) is 10.5. The molecule has 94 valence electrons. The van der Waals surface area contributed by atoms with E-state index in [4.69, 9.17) is 0 Å². The number of aliphatic hydroxyl groups is 1. The van der Waals surface area contributed by atoms with Crippen LogP contribution >= 0.6 is 0 Å². The lowest BCUT2D eigenvalue weighted by molar-refractivity contribution is 0.194. The molecular weight excluding hydrogens is 217 g/mol. The molecule has 3 heteroatoms. The first kappa shape index (κ1) is 12.4. The largest absolute Gasteiger partial charge is 0.389 e. The standard InChI is InChI=1S/C14H20FNO/c1-10(17)14-12(15)7-4-8-13(14)16(2)9-11-5-3-6-11/h4,7-8,10-11,17H,3,5-6,9H2,1-2H3. The predicted octanol–water partition coefficient (Wildman–Crippen LogP) is 3.12. The summed E-state index contributed by atoms with van der Waals surface area (Å²) in [5.41, 5.74) is 1.22. The molecule has 1 fully saturated rings. The van der Waals surface area contributed by atoms with Crippen molar-refractivity contribution in [3.05, 3.63) is 29.6 Å². The molecule has 1 saturated carbocycles. The van der Waals surface area contributed by atoms with Gasteiger partial charge in [-0.15, -0.1) is 0 Å². The minimum atomic E-state index is -0.768. The molecule has 1 N–H and O–H groups in total. The average molecular weight is 237 g/mol. The second-order valence-electron chi connectivity index (χ2n) is 5.03. The Hall–Kier alpha value is -1.09. The van der Waals surface area contributed by atoms with Gasteiger partial charge in [0.2, 0.25) is 0 Å². The molecule has 17 heavy (non-hydrogen) atoms. The van der Waals surface area contributed by atoms with Crippen molar-refractivity contribution in [1.29, 1.82) is 0 Å². The zero-order valence-electron chi connectivity index (χ0n) is 10.5. The quantitative estimate of drug-likeness (QED) is 0.869. The monoisotopic (exact) mass is 237 g/mol. The van der Waals surface area contributed by atoms with Gasteiger partial charge in [-0.25, -0.2) is 4.39 Å². The van der Waals surface area contributed by atoms with Crippen LogP contribution in [0.25, 0.3) is 0 Å². The Morgan fingerprint density at radius 2 is 2.18 bits per heavy atom. The van der Waals surface area contributed by atoms with E-state index in [1.165, 1.54) is 25.3 Å². The average Bonchev–Trinajstić information content (AvgIpc) is 2.22. The molecule has 1 aromatic rings. The molecule has 0 radical (unpaired) electrons. The predicted molar refractivity (Wildman–Crippen MR) is 67.6 cm³/mol. The Morgan fingerprint density at radius 3 is 2.71 bits per heavy atom. The van der Waals surface area contributed by atoms with Crippen molar-refractivity contribution in [2.45, 2.75) is 32.3 Å². The van der Waals surface area contributed by atoms with E-state index in [1.54, 1.807) is 13.0 Å². The summed E-state index contributed by atoms with van der Waals surface area (Å²) >= 11 is 0. The highest BCUT2D eigenvalue weighted by molar-refractivity contribution is 5.54. The van der Waals surface area contributed by atoms with Crippen LogP contribution in [-0.2, 0) is 0 Å². The van der Waals surface area contributed by atoms with Crippen molar-refractivity contribution in [3.63, 3.8) is 0 Å². The first-order valence-electron chi connectivity index (χ1n) is 6.27. The Bertz CT molecular complexity index is 388. The van der Waals surface area contributed by atoms with E-state index in [0.717, 1.165) is 18.2 Å². The highest BCUT2D eigenvalue weighted by Gasteiger charge is 2.22. The van der Waals surface area contributed by atoms with E-state index >= 15 is 0 Å². The third-order valence-corrected chi connectivity index (χ3v) is 3.62. The lowest BCUT2D eigenvalue weighted by Crippen LogP contribution is -2.30. The normalized spacial score (nSPS) is 17.6. The summed E-state index contributed by atoms with van der Waals surface area (Å²) in [5.74, 6) is 0.406. The molecule has 1 unspecified atom stereocenters. The third kappa shape index (κ3) is 2.60. The maximum Gasteiger partial charge on any atom is 0.131 e. The molecule has 0 bridgehead atoms. The topological polar surface area (TPSA) is 23.5 Å². The highest BCUT2D eigenvalue weighted by atomic mass is 19.1. The van der Waals surface area contributed by atoms with Crippen molar-refractivity contribution in [2.24, 2.45) is 5.92 Å². The fraction of sp³-hybridized carbons (Fsp3) is 0.571. The molecule has 2 nitrogen and oxygen atoms in total. The van der Waals surface area contributed by atoms with E-state index < -0.39 is 6.10 Å². The second kappa shape index (κ2) is 5.05. The second-order valence-corrected chi connectivity index (χ2v) is 5.03. The zero-order chi connectivity index (χ0) is 12.4. The summed E-state index contributed by atoms with van der Waals surface area (Å²) in [6.07, 6.45) is 3.08. The van der Waals surface area contributed by atoms with Gasteiger partial charge >= 0.3 is 0 Å². The van der Waals surface area contributed by atoms with Crippen molar-refractivity contribution >= 4 is 5.69 Å². The molecule has 0 spiro atoms. The van der Waals surface area contributed by atoms with E-state index in [-0.39, 0.29) is 5.82 Å². The molecule has 2 rings (SSSR count). The van der Waals surface area contributed by atoms with Gasteiger partial charge in [0.1, 0.15) is 5.82 Å². The van der Waals surface area contributed by atoms with E-state index in [2.05, 4.69) is 4.90 Å². The summed E-state index contributed by atoms with van der Waals surface area (Å²) in [6.45, 7) is 2.56. The summed E-state index contributed by atoms with van der Waals surface area (Å²) < 4.78 is 13.7. The van der Waals surface area contributed by atoms with Crippen molar-refractivity contribution < 1.29 is 9.50 Å². The number of anilines is 1. The van der Waals surface area contributed by atoms with Gasteiger partial charge in [-0.1, -0.05) is 12.5 Å². The molecule has 1 atom stereocenters. The molecule has 0 heterocycles. The number of benzene rings is 1. The van der Waals surface area contributed by atoms with Crippen LogP contribution in [0.4, 0.5) is 10.1 Å². The molecule has 0 aliphatic heterocycles. The fourth-order valence-electron chi connectivity index (χ4n) is 2.43. The third-order valence-electron chi connectivity index (χ3n) is 3.62. The van der Waals surface area contributed by atoms with Gasteiger partial charge in [-0.3, -0.25) is 0 Å². The summed E-state index contributed by atoms with van der Waals surface area (Å²) in [7, 11) is 1.97. The highest BCUT2D eigenvalue weighted by Crippen LogP contribution is 2.32. The Morgan fingerprint density at radius 1 is 1.47 bits per heavy atom. The Labute approximate surface area is 102 Å². The van der Waals surface area contributed by atoms with Crippen LogP contribution in [0.1, 0.15) is 37.9 Å². The van der Waals surface area contributed by atoms with E-state index in [9.17, 15) is 9.50 Å². The fourth-order valence-corrected chi connectivity index (χ4v) is 2.43.